The Hall–Kier alpha value is -2.18. The summed E-state index contributed by atoms with van der Waals surface area (Å²) in [5.74, 6) is -1.75. The second kappa shape index (κ2) is 4.83. The van der Waals surface area contributed by atoms with Crippen molar-refractivity contribution < 1.29 is 13.6 Å². The van der Waals surface area contributed by atoms with Crippen molar-refractivity contribution in [3.8, 4) is 0 Å². The maximum atomic E-state index is 13.5. The molecule has 0 atom stereocenters. The highest BCUT2D eigenvalue weighted by molar-refractivity contribution is 5.83. The van der Waals surface area contributed by atoms with E-state index < -0.39 is 11.6 Å². The first kappa shape index (κ1) is 13.3. The number of aromatic nitrogens is 2. The van der Waals surface area contributed by atoms with Gasteiger partial charge in [0.2, 0.25) is 11.9 Å². The number of nitrogens with zero attached hydrogens (tertiary/aromatic N) is 3. The molecule has 1 aromatic carbocycles. The molecular formula is C12H14F2N4O. The first-order chi connectivity index (χ1) is 8.93. The zero-order chi connectivity index (χ0) is 14.2. The minimum atomic E-state index is -0.795. The lowest BCUT2D eigenvalue weighted by Gasteiger charge is -2.15. The van der Waals surface area contributed by atoms with E-state index in [1.165, 1.54) is 9.47 Å². The molecule has 102 valence electrons. The number of fused-ring (bicyclic) bond motifs is 1. The minimum Gasteiger partial charge on any atom is -0.369 e. The van der Waals surface area contributed by atoms with E-state index in [-0.39, 0.29) is 29.4 Å². The lowest BCUT2D eigenvalue weighted by atomic mass is 10.3. The average Bonchev–Trinajstić information content (AvgIpc) is 2.66. The zero-order valence-electron chi connectivity index (χ0n) is 10.7. The summed E-state index contributed by atoms with van der Waals surface area (Å²) in [4.78, 5) is 17.1. The van der Waals surface area contributed by atoms with Crippen LogP contribution in [0, 0.1) is 11.6 Å². The van der Waals surface area contributed by atoms with Crippen LogP contribution >= 0.6 is 0 Å². The summed E-state index contributed by atoms with van der Waals surface area (Å²) in [7, 11) is 1.64. The number of nitrogens with two attached hydrogens (primary N) is 1. The van der Waals surface area contributed by atoms with E-state index in [2.05, 4.69) is 4.98 Å². The molecule has 0 fully saturated rings. The number of carbonyl (C=O) groups excluding carboxylic acids is 1. The summed E-state index contributed by atoms with van der Waals surface area (Å²) >= 11 is 0. The predicted molar refractivity (Wildman–Crippen MR) is 67.4 cm³/mol. The van der Waals surface area contributed by atoms with Crippen molar-refractivity contribution in [2.75, 3.05) is 19.3 Å². The fourth-order valence-corrected chi connectivity index (χ4v) is 1.77. The summed E-state index contributed by atoms with van der Waals surface area (Å²) < 4.78 is 28.1. The molecule has 1 amide bonds. The van der Waals surface area contributed by atoms with Crippen LogP contribution in [0.1, 0.15) is 6.92 Å². The molecule has 0 bridgehead atoms. The highest BCUT2D eigenvalue weighted by Crippen LogP contribution is 2.22. The molecule has 2 rings (SSSR count). The zero-order valence-corrected chi connectivity index (χ0v) is 10.7. The number of rotatable bonds is 3. The molecule has 1 aromatic heterocycles. The van der Waals surface area contributed by atoms with E-state index >= 15 is 0 Å². The topological polar surface area (TPSA) is 64.2 Å². The lowest BCUT2D eigenvalue weighted by molar-refractivity contribution is -0.130. The molecule has 0 spiro atoms. The number of hydrogen-bond donors (Lipinski definition) is 1. The van der Waals surface area contributed by atoms with Crippen molar-refractivity contribution in [2.24, 2.45) is 0 Å². The molecule has 0 saturated carbocycles. The van der Waals surface area contributed by atoms with E-state index in [4.69, 9.17) is 5.73 Å². The van der Waals surface area contributed by atoms with Gasteiger partial charge < -0.3 is 15.2 Å². The largest absolute Gasteiger partial charge is 0.369 e. The first-order valence-corrected chi connectivity index (χ1v) is 5.78. The Morgan fingerprint density at radius 2 is 2.16 bits per heavy atom. The van der Waals surface area contributed by atoms with Gasteiger partial charge in [0.15, 0.2) is 5.82 Å². The second-order valence-corrected chi connectivity index (χ2v) is 4.22. The number of halogens is 2. The van der Waals surface area contributed by atoms with E-state index in [0.717, 1.165) is 12.1 Å². The second-order valence-electron chi connectivity index (χ2n) is 4.22. The van der Waals surface area contributed by atoms with Gasteiger partial charge in [0.05, 0.1) is 5.52 Å². The number of imidazole rings is 1. The van der Waals surface area contributed by atoms with Crippen LogP contribution in [-0.4, -0.2) is 34.0 Å². The van der Waals surface area contributed by atoms with Gasteiger partial charge in [-0.3, -0.25) is 4.79 Å². The minimum absolute atomic E-state index is 0.0163. The normalized spacial score (nSPS) is 10.9. The van der Waals surface area contributed by atoms with Crippen molar-refractivity contribution in [1.29, 1.82) is 0 Å². The van der Waals surface area contributed by atoms with Crippen LogP contribution in [0.5, 0.6) is 0 Å². The van der Waals surface area contributed by atoms with Gasteiger partial charge in [0.1, 0.15) is 17.9 Å². The van der Waals surface area contributed by atoms with Gasteiger partial charge in [-0.15, -0.1) is 0 Å². The average molecular weight is 268 g/mol. The van der Waals surface area contributed by atoms with E-state index in [1.807, 2.05) is 6.92 Å². The fourth-order valence-electron chi connectivity index (χ4n) is 1.77. The van der Waals surface area contributed by atoms with Crippen LogP contribution in [-0.2, 0) is 11.3 Å². The van der Waals surface area contributed by atoms with Gasteiger partial charge in [0, 0.05) is 25.7 Å². The maximum absolute atomic E-state index is 13.5. The molecule has 5 nitrogen and oxygen atoms in total. The van der Waals surface area contributed by atoms with Crippen molar-refractivity contribution in [3.63, 3.8) is 0 Å². The number of likely N-dealkylation sites (N-methyl/N-ethyl adjacent to an activating group) is 1. The summed E-state index contributed by atoms with van der Waals surface area (Å²) in [5.41, 5.74) is 5.79. The van der Waals surface area contributed by atoms with Crippen LogP contribution in [0.2, 0.25) is 0 Å². The first-order valence-electron chi connectivity index (χ1n) is 5.78. The van der Waals surface area contributed by atoms with Crippen molar-refractivity contribution in [2.45, 2.75) is 13.5 Å². The molecule has 0 saturated heterocycles. The standard InChI is InChI=1S/C12H14F2N4O/c1-3-17(2)10(19)6-18-9-5-7(13)4-8(14)11(9)16-12(18)15/h4-5H,3,6H2,1-2H3,(H2,15,16). The van der Waals surface area contributed by atoms with Gasteiger partial charge in [-0.25, -0.2) is 13.8 Å². The Labute approximate surface area is 108 Å². The van der Waals surface area contributed by atoms with Crippen LogP contribution in [0.4, 0.5) is 14.7 Å². The van der Waals surface area contributed by atoms with Gasteiger partial charge >= 0.3 is 0 Å². The number of carbonyl (C=O) groups is 1. The number of hydrogen-bond acceptors (Lipinski definition) is 3. The maximum Gasteiger partial charge on any atom is 0.242 e. The number of anilines is 1. The molecule has 2 N–H and O–H groups in total. The van der Waals surface area contributed by atoms with Gasteiger partial charge in [-0.1, -0.05) is 0 Å². The summed E-state index contributed by atoms with van der Waals surface area (Å²) in [6.45, 7) is 2.26. The Bertz CT molecular complexity index is 638. The SMILES string of the molecule is CCN(C)C(=O)Cn1c(N)nc2c(F)cc(F)cc21. The number of nitrogen functional groups attached to an aromatic ring is 1. The van der Waals surface area contributed by atoms with Gasteiger partial charge in [-0.05, 0) is 6.92 Å². The van der Waals surface area contributed by atoms with Crippen LogP contribution in [0.3, 0.4) is 0 Å². The molecule has 0 aliphatic carbocycles. The molecule has 2 aromatic rings. The fraction of sp³-hybridized carbons (Fsp3) is 0.333. The monoisotopic (exact) mass is 268 g/mol. The van der Waals surface area contributed by atoms with Crippen LogP contribution in [0.25, 0.3) is 11.0 Å². The highest BCUT2D eigenvalue weighted by atomic mass is 19.1. The Morgan fingerprint density at radius 1 is 1.47 bits per heavy atom. The van der Waals surface area contributed by atoms with Crippen LogP contribution in [0.15, 0.2) is 12.1 Å². The molecule has 1 heterocycles. The highest BCUT2D eigenvalue weighted by Gasteiger charge is 2.17. The smallest absolute Gasteiger partial charge is 0.242 e. The number of benzene rings is 1. The number of amides is 1. The third kappa shape index (κ3) is 2.35. The van der Waals surface area contributed by atoms with E-state index in [1.54, 1.807) is 7.05 Å². The van der Waals surface area contributed by atoms with Gasteiger partial charge in [-0.2, -0.15) is 0 Å². The Kier molecular flexibility index (Phi) is 3.37. The van der Waals surface area contributed by atoms with Crippen molar-refractivity contribution >= 4 is 22.9 Å². The molecule has 0 radical (unpaired) electrons. The van der Waals surface area contributed by atoms with E-state index in [0.29, 0.717) is 6.54 Å². The summed E-state index contributed by atoms with van der Waals surface area (Å²) in [6.07, 6.45) is 0. The predicted octanol–water partition coefficient (Wildman–Crippen LogP) is 1.37. The molecule has 0 aliphatic rings. The molecule has 0 unspecified atom stereocenters. The lowest BCUT2D eigenvalue weighted by Crippen LogP contribution is -2.30. The summed E-state index contributed by atoms with van der Waals surface area (Å²) in [5, 5.41) is 0. The molecule has 7 heteroatoms. The van der Waals surface area contributed by atoms with Crippen LogP contribution < -0.4 is 5.73 Å². The molecular weight excluding hydrogens is 254 g/mol. The third-order valence-corrected chi connectivity index (χ3v) is 3.00. The summed E-state index contributed by atoms with van der Waals surface area (Å²) in [6, 6.07) is 1.85. The quantitative estimate of drug-likeness (QED) is 0.914. The Balaban J connectivity index is 2.48. The van der Waals surface area contributed by atoms with E-state index in [9.17, 15) is 13.6 Å². The van der Waals surface area contributed by atoms with Crippen molar-refractivity contribution in [3.05, 3.63) is 23.8 Å². The van der Waals surface area contributed by atoms with Gasteiger partial charge in [0.25, 0.3) is 0 Å². The molecule has 19 heavy (non-hydrogen) atoms. The molecule has 0 aliphatic heterocycles. The third-order valence-electron chi connectivity index (χ3n) is 3.00. The Morgan fingerprint density at radius 3 is 2.79 bits per heavy atom. The van der Waals surface area contributed by atoms with Crippen molar-refractivity contribution in [1.82, 2.24) is 14.5 Å².